The Morgan fingerprint density at radius 2 is 2.04 bits per heavy atom. The van der Waals surface area contributed by atoms with Crippen LogP contribution >= 0.6 is 0 Å². The lowest BCUT2D eigenvalue weighted by Crippen LogP contribution is -2.29. The molecule has 0 radical (unpaired) electrons. The van der Waals surface area contributed by atoms with Crippen molar-refractivity contribution in [3.8, 4) is 0 Å². The Bertz CT molecular complexity index is 852. The van der Waals surface area contributed by atoms with Crippen molar-refractivity contribution in [2.45, 2.75) is 40.5 Å². The van der Waals surface area contributed by atoms with Gasteiger partial charge in [-0.3, -0.25) is 4.79 Å². The Labute approximate surface area is 144 Å². The van der Waals surface area contributed by atoms with Crippen LogP contribution in [-0.4, -0.2) is 39.0 Å². The Morgan fingerprint density at radius 1 is 1.32 bits per heavy atom. The van der Waals surface area contributed by atoms with Crippen molar-refractivity contribution in [1.29, 1.82) is 0 Å². The van der Waals surface area contributed by atoms with Gasteiger partial charge in [-0.25, -0.2) is 9.48 Å². The quantitative estimate of drug-likeness (QED) is 0.781. The minimum Gasteiger partial charge on any atom is -0.438 e. The van der Waals surface area contributed by atoms with Crippen LogP contribution in [0.3, 0.4) is 0 Å². The first-order chi connectivity index (χ1) is 11.9. The van der Waals surface area contributed by atoms with Crippen LogP contribution in [0.5, 0.6) is 0 Å². The SMILES string of the molecule is CCn1c(=NC(=O)c2ccc(C)cc2C)nnn1C(C)OC(=O)OC. The molecule has 0 fully saturated rings. The molecule has 0 N–H and O–H groups in total. The first kappa shape index (κ1) is 18.4. The summed E-state index contributed by atoms with van der Waals surface area (Å²) in [4.78, 5) is 29.1. The number of rotatable bonds is 4. The second kappa shape index (κ2) is 7.73. The van der Waals surface area contributed by atoms with Crippen LogP contribution in [-0.2, 0) is 16.0 Å². The van der Waals surface area contributed by atoms with Crippen molar-refractivity contribution < 1.29 is 19.1 Å². The third-order valence-electron chi connectivity index (χ3n) is 3.58. The van der Waals surface area contributed by atoms with Gasteiger partial charge in [0.15, 0.2) is 0 Å². The average molecular weight is 347 g/mol. The van der Waals surface area contributed by atoms with Gasteiger partial charge in [-0.15, -0.1) is 4.80 Å². The molecule has 0 aliphatic heterocycles. The number of benzene rings is 1. The molecular formula is C16H21N5O4. The van der Waals surface area contributed by atoms with E-state index in [1.807, 2.05) is 32.9 Å². The highest BCUT2D eigenvalue weighted by Crippen LogP contribution is 2.11. The fourth-order valence-corrected chi connectivity index (χ4v) is 2.35. The monoisotopic (exact) mass is 347 g/mol. The van der Waals surface area contributed by atoms with Crippen molar-refractivity contribution in [3.05, 3.63) is 40.5 Å². The molecule has 0 bridgehead atoms. The van der Waals surface area contributed by atoms with Gasteiger partial charge in [0.2, 0.25) is 6.23 Å². The van der Waals surface area contributed by atoms with E-state index in [1.54, 1.807) is 13.0 Å². The molecule has 1 amide bonds. The lowest BCUT2D eigenvalue weighted by molar-refractivity contribution is -0.00407. The van der Waals surface area contributed by atoms with E-state index in [-0.39, 0.29) is 5.62 Å². The van der Waals surface area contributed by atoms with E-state index in [1.165, 1.54) is 16.6 Å². The third kappa shape index (κ3) is 4.11. The molecule has 9 heteroatoms. The van der Waals surface area contributed by atoms with Crippen LogP contribution < -0.4 is 5.62 Å². The van der Waals surface area contributed by atoms with Crippen LogP contribution in [0, 0.1) is 13.8 Å². The molecule has 1 aromatic carbocycles. The molecule has 0 aliphatic carbocycles. The standard InChI is InChI=1S/C16H21N5O4/c1-6-20-15(18-19-21(20)12(4)25-16(23)24-5)17-14(22)13-8-7-10(2)9-11(13)3/h7-9,12H,6H2,1-5H3. The smallest absolute Gasteiger partial charge is 0.438 e. The molecule has 9 nitrogen and oxygen atoms in total. The molecule has 1 heterocycles. The number of hydrogen-bond acceptors (Lipinski definition) is 6. The minimum absolute atomic E-state index is 0.132. The Balaban J connectivity index is 2.37. The maximum absolute atomic E-state index is 12.5. The first-order valence-electron chi connectivity index (χ1n) is 7.80. The van der Waals surface area contributed by atoms with Crippen molar-refractivity contribution in [2.24, 2.45) is 4.99 Å². The molecule has 2 rings (SSSR count). The summed E-state index contributed by atoms with van der Waals surface area (Å²) in [5.74, 6) is -0.409. The molecule has 1 unspecified atom stereocenters. The molecule has 134 valence electrons. The largest absolute Gasteiger partial charge is 0.510 e. The summed E-state index contributed by atoms with van der Waals surface area (Å²) in [6.45, 7) is 7.68. The van der Waals surface area contributed by atoms with E-state index < -0.39 is 18.3 Å². The lowest BCUT2D eigenvalue weighted by atomic mass is 10.1. The number of aromatic nitrogens is 4. The Kier molecular flexibility index (Phi) is 5.68. The lowest BCUT2D eigenvalue weighted by Gasteiger charge is -2.14. The summed E-state index contributed by atoms with van der Waals surface area (Å²) in [7, 11) is 1.22. The van der Waals surface area contributed by atoms with Crippen molar-refractivity contribution in [3.63, 3.8) is 0 Å². The Morgan fingerprint density at radius 3 is 2.64 bits per heavy atom. The number of carbonyl (C=O) groups is 2. The summed E-state index contributed by atoms with van der Waals surface area (Å²) >= 11 is 0. The zero-order valence-corrected chi connectivity index (χ0v) is 14.9. The first-order valence-corrected chi connectivity index (χ1v) is 7.80. The maximum atomic E-state index is 12.5. The average Bonchev–Trinajstić information content (AvgIpc) is 2.97. The summed E-state index contributed by atoms with van der Waals surface area (Å²) in [5, 5.41) is 7.82. The van der Waals surface area contributed by atoms with Gasteiger partial charge in [0.05, 0.1) is 7.11 Å². The number of carbonyl (C=O) groups excluding carboxylic acids is 2. The number of tetrazole rings is 1. The molecule has 2 aromatic rings. The van der Waals surface area contributed by atoms with Gasteiger partial charge in [-0.2, -0.15) is 4.99 Å². The second-order valence-electron chi connectivity index (χ2n) is 5.43. The number of methoxy groups -OCH3 is 1. The van der Waals surface area contributed by atoms with Gasteiger partial charge in [0.25, 0.3) is 11.5 Å². The summed E-state index contributed by atoms with van der Waals surface area (Å²) in [6, 6.07) is 5.51. The van der Waals surface area contributed by atoms with Crippen molar-refractivity contribution in [2.75, 3.05) is 7.11 Å². The van der Waals surface area contributed by atoms with Crippen LogP contribution in [0.25, 0.3) is 0 Å². The summed E-state index contributed by atoms with van der Waals surface area (Å²) < 4.78 is 11.0. The van der Waals surface area contributed by atoms with Gasteiger partial charge >= 0.3 is 6.16 Å². The fourth-order valence-electron chi connectivity index (χ4n) is 2.35. The highest BCUT2D eigenvalue weighted by Gasteiger charge is 2.17. The van der Waals surface area contributed by atoms with E-state index in [9.17, 15) is 9.59 Å². The molecule has 1 aromatic heterocycles. The molecule has 0 spiro atoms. The normalized spacial score (nSPS) is 12.8. The van der Waals surface area contributed by atoms with Gasteiger partial charge in [-0.1, -0.05) is 22.8 Å². The molecular weight excluding hydrogens is 326 g/mol. The van der Waals surface area contributed by atoms with Crippen LogP contribution in [0.15, 0.2) is 23.2 Å². The van der Waals surface area contributed by atoms with Gasteiger partial charge < -0.3 is 9.47 Å². The molecule has 0 saturated heterocycles. The van der Waals surface area contributed by atoms with Crippen molar-refractivity contribution >= 4 is 12.1 Å². The van der Waals surface area contributed by atoms with Crippen molar-refractivity contribution in [1.82, 2.24) is 19.8 Å². The fraction of sp³-hybridized carbons (Fsp3) is 0.438. The van der Waals surface area contributed by atoms with Gasteiger partial charge in [0.1, 0.15) is 0 Å². The van der Waals surface area contributed by atoms with E-state index in [2.05, 4.69) is 20.0 Å². The van der Waals surface area contributed by atoms with Gasteiger partial charge in [0, 0.05) is 12.1 Å². The highest BCUT2D eigenvalue weighted by atomic mass is 16.7. The van der Waals surface area contributed by atoms with E-state index in [4.69, 9.17) is 4.74 Å². The summed E-state index contributed by atoms with van der Waals surface area (Å²) in [6.07, 6.45) is -1.60. The molecule has 25 heavy (non-hydrogen) atoms. The minimum atomic E-state index is -0.838. The predicted octanol–water partition coefficient (Wildman–Crippen LogP) is 1.76. The van der Waals surface area contributed by atoms with E-state index in [0.29, 0.717) is 12.1 Å². The topological polar surface area (TPSA) is 101 Å². The predicted molar refractivity (Wildman–Crippen MR) is 87.7 cm³/mol. The van der Waals surface area contributed by atoms with Gasteiger partial charge in [-0.05, 0) is 44.5 Å². The number of ether oxygens (including phenoxy) is 2. The molecule has 1 atom stereocenters. The van der Waals surface area contributed by atoms with E-state index >= 15 is 0 Å². The van der Waals surface area contributed by atoms with Crippen LogP contribution in [0.2, 0.25) is 0 Å². The third-order valence-corrected chi connectivity index (χ3v) is 3.58. The van der Waals surface area contributed by atoms with Crippen LogP contribution in [0.4, 0.5) is 4.79 Å². The number of aryl methyl sites for hydroxylation is 2. The highest BCUT2D eigenvalue weighted by molar-refractivity contribution is 5.96. The Hall–Kier alpha value is -2.97. The number of hydrogen-bond donors (Lipinski definition) is 0. The number of nitrogens with zero attached hydrogens (tertiary/aromatic N) is 5. The zero-order valence-electron chi connectivity index (χ0n) is 14.9. The second-order valence-corrected chi connectivity index (χ2v) is 5.43. The maximum Gasteiger partial charge on any atom is 0.510 e. The van der Waals surface area contributed by atoms with Crippen LogP contribution in [0.1, 0.15) is 41.6 Å². The van der Waals surface area contributed by atoms with E-state index in [0.717, 1.165) is 11.1 Å². The molecule has 0 saturated carbocycles. The zero-order chi connectivity index (χ0) is 18.6. The summed E-state index contributed by atoms with van der Waals surface area (Å²) in [5.41, 5.74) is 2.54. The molecule has 0 aliphatic rings. The number of amides is 1.